The zero-order chi connectivity index (χ0) is 23.4. The SMILES string of the molecule is c1ccc2c(c1)oc1ccc3c(c4ccccc4n3-c3nc4c(ccc5sc6ccccc6c54)o3)c12. The number of benzene rings is 5. The monoisotopic (exact) mass is 480 g/mol. The van der Waals surface area contributed by atoms with Crippen LogP contribution in [0, 0.1) is 0 Å². The summed E-state index contributed by atoms with van der Waals surface area (Å²) in [5.74, 6) is 0. The van der Waals surface area contributed by atoms with Gasteiger partial charge in [-0.3, -0.25) is 4.57 Å². The second kappa shape index (κ2) is 6.53. The lowest BCUT2D eigenvalue weighted by atomic mass is 10.1. The summed E-state index contributed by atoms with van der Waals surface area (Å²) in [6.07, 6.45) is 0. The lowest BCUT2D eigenvalue weighted by molar-refractivity contribution is 0.574. The molecule has 4 aromatic heterocycles. The molecule has 4 heterocycles. The van der Waals surface area contributed by atoms with Crippen molar-refractivity contribution < 1.29 is 8.83 Å². The molecule has 9 aromatic rings. The van der Waals surface area contributed by atoms with Crippen LogP contribution in [0.25, 0.3) is 81.0 Å². The highest BCUT2D eigenvalue weighted by molar-refractivity contribution is 7.26. The maximum absolute atomic E-state index is 6.47. The summed E-state index contributed by atoms with van der Waals surface area (Å²) in [6.45, 7) is 0. The van der Waals surface area contributed by atoms with Crippen molar-refractivity contribution in [1.29, 1.82) is 0 Å². The van der Waals surface area contributed by atoms with Crippen molar-refractivity contribution in [3.05, 3.63) is 97.1 Å². The van der Waals surface area contributed by atoms with Crippen molar-refractivity contribution in [2.24, 2.45) is 0 Å². The fourth-order valence-electron chi connectivity index (χ4n) is 5.77. The predicted molar refractivity (Wildman–Crippen MR) is 149 cm³/mol. The molecule has 0 bridgehead atoms. The molecule has 0 aliphatic heterocycles. The van der Waals surface area contributed by atoms with Crippen molar-refractivity contribution in [2.75, 3.05) is 0 Å². The van der Waals surface area contributed by atoms with Crippen LogP contribution in [0.1, 0.15) is 0 Å². The first kappa shape index (κ1) is 18.7. The average Bonchev–Trinajstić information content (AvgIpc) is 3.66. The van der Waals surface area contributed by atoms with E-state index in [9.17, 15) is 0 Å². The molecule has 0 spiro atoms. The molecule has 0 saturated carbocycles. The van der Waals surface area contributed by atoms with Gasteiger partial charge in [-0.1, -0.05) is 54.6 Å². The van der Waals surface area contributed by atoms with Crippen molar-refractivity contribution in [3.8, 4) is 6.01 Å². The third kappa shape index (κ3) is 2.26. The Morgan fingerprint density at radius 2 is 1.31 bits per heavy atom. The number of nitrogens with zero attached hydrogens (tertiary/aromatic N) is 2. The summed E-state index contributed by atoms with van der Waals surface area (Å²) in [7, 11) is 0. The number of thiophene rings is 1. The number of fused-ring (bicyclic) bond motifs is 12. The van der Waals surface area contributed by atoms with Gasteiger partial charge >= 0.3 is 6.01 Å². The first-order chi connectivity index (χ1) is 17.8. The van der Waals surface area contributed by atoms with Crippen LogP contribution in [-0.2, 0) is 0 Å². The van der Waals surface area contributed by atoms with E-state index in [1.165, 1.54) is 14.8 Å². The lowest BCUT2D eigenvalue weighted by Crippen LogP contribution is -1.93. The topological polar surface area (TPSA) is 44.1 Å². The first-order valence-corrected chi connectivity index (χ1v) is 12.7. The number of rotatable bonds is 1. The highest BCUT2D eigenvalue weighted by Crippen LogP contribution is 2.42. The van der Waals surface area contributed by atoms with E-state index < -0.39 is 0 Å². The maximum Gasteiger partial charge on any atom is 0.307 e. The van der Waals surface area contributed by atoms with E-state index in [0.29, 0.717) is 6.01 Å². The first-order valence-electron chi connectivity index (χ1n) is 11.9. The highest BCUT2D eigenvalue weighted by atomic mass is 32.1. The minimum atomic E-state index is 0.575. The van der Waals surface area contributed by atoms with Crippen molar-refractivity contribution >= 4 is 86.4 Å². The molecule has 0 aliphatic carbocycles. The maximum atomic E-state index is 6.47. The Hall–Kier alpha value is -4.61. The molecule has 0 fully saturated rings. The molecule has 0 amide bonds. The second-order valence-corrected chi connectivity index (χ2v) is 10.2. The van der Waals surface area contributed by atoms with E-state index in [1.54, 1.807) is 11.3 Å². The normalized spacial score (nSPS) is 12.4. The van der Waals surface area contributed by atoms with Gasteiger partial charge in [0.05, 0.1) is 11.0 Å². The van der Waals surface area contributed by atoms with Crippen LogP contribution >= 0.6 is 11.3 Å². The minimum Gasteiger partial charge on any atom is -0.456 e. The molecule has 0 aliphatic rings. The van der Waals surface area contributed by atoms with Crippen LogP contribution in [-0.4, -0.2) is 9.55 Å². The van der Waals surface area contributed by atoms with Gasteiger partial charge in [-0.2, -0.15) is 4.98 Å². The van der Waals surface area contributed by atoms with Gasteiger partial charge in [0, 0.05) is 41.7 Å². The third-order valence-electron chi connectivity index (χ3n) is 7.26. The molecule has 0 radical (unpaired) electrons. The summed E-state index contributed by atoms with van der Waals surface area (Å²) in [5.41, 5.74) is 5.58. The summed E-state index contributed by atoms with van der Waals surface area (Å²) in [6, 6.07) is 34.1. The van der Waals surface area contributed by atoms with Crippen LogP contribution in [0.4, 0.5) is 0 Å². The average molecular weight is 481 g/mol. The smallest absolute Gasteiger partial charge is 0.307 e. The van der Waals surface area contributed by atoms with Crippen LogP contribution < -0.4 is 0 Å². The molecule has 4 nitrogen and oxygen atoms in total. The zero-order valence-corrected chi connectivity index (χ0v) is 19.7. The predicted octanol–water partition coefficient (Wildman–Crippen LogP) is 9.19. The number of furan rings is 1. The molecule has 5 heteroatoms. The molecule has 5 aromatic carbocycles. The van der Waals surface area contributed by atoms with E-state index in [2.05, 4.69) is 83.4 Å². The molecule has 0 saturated heterocycles. The second-order valence-electron chi connectivity index (χ2n) is 9.16. The van der Waals surface area contributed by atoms with Crippen LogP contribution in [0.15, 0.2) is 106 Å². The van der Waals surface area contributed by atoms with E-state index in [4.69, 9.17) is 13.8 Å². The molecule has 0 unspecified atom stereocenters. The Bertz CT molecular complexity index is 2330. The van der Waals surface area contributed by atoms with Gasteiger partial charge < -0.3 is 8.83 Å². The lowest BCUT2D eigenvalue weighted by Gasteiger charge is -2.01. The number of oxazole rings is 1. The number of aromatic nitrogens is 2. The van der Waals surface area contributed by atoms with Crippen LogP contribution in [0.5, 0.6) is 0 Å². The van der Waals surface area contributed by atoms with E-state index in [-0.39, 0.29) is 0 Å². The van der Waals surface area contributed by atoms with Gasteiger partial charge in [0.15, 0.2) is 5.58 Å². The minimum absolute atomic E-state index is 0.575. The standard InChI is InChI=1S/C31H16N2O2S/c1-4-10-20-17(7-1)27-21(13-14-23-28(27)18-8-2-5-11-22(18)34-23)33(20)31-32-30-24(35-31)15-16-26-29(30)19-9-3-6-12-25(19)36-26/h1-16H. The third-order valence-corrected chi connectivity index (χ3v) is 8.39. The summed E-state index contributed by atoms with van der Waals surface area (Å²) >= 11 is 1.79. The molecular weight excluding hydrogens is 464 g/mol. The Morgan fingerprint density at radius 3 is 2.25 bits per heavy atom. The van der Waals surface area contributed by atoms with Gasteiger partial charge in [0.2, 0.25) is 0 Å². The van der Waals surface area contributed by atoms with Gasteiger partial charge in [-0.15, -0.1) is 11.3 Å². The fraction of sp³-hybridized carbons (Fsp3) is 0. The molecular formula is C31H16N2O2S. The summed E-state index contributed by atoms with van der Waals surface area (Å²) in [4.78, 5) is 5.12. The Labute approximate surface area is 207 Å². The zero-order valence-electron chi connectivity index (χ0n) is 18.9. The Kier molecular flexibility index (Phi) is 3.39. The van der Waals surface area contributed by atoms with Gasteiger partial charge in [-0.05, 0) is 42.5 Å². The molecule has 168 valence electrons. The molecule has 0 atom stereocenters. The van der Waals surface area contributed by atoms with Gasteiger partial charge in [0.25, 0.3) is 0 Å². The Balaban J connectivity index is 1.45. The number of para-hydroxylation sites is 2. The van der Waals surface area contributed by atoms with Crippen molar-refractivity contribution in [2.45, 2.75) is 0 Å². The van der Waals surface area contributed by atoms with Crippen LogP contribution in [0.3, 0.4) is 0 Å². The fourth-order valence-corrected chi connectivity index (χ4v) is 6.87. The number of hydrogen-bond donors (Lipinski definition) is 0. The Morgan fingerprint density at radius 1 is 0.528 bits per heavy atom. The molecule has 9 rings (SSSR count). The van der Waals surface area contributed by atoms with Crippen molar-refractivity contribution in [3.63, 3.8) is 0 Å². The quantitative estimate of drug-likeness (QED) is 0.235. The van der Waals surface area contributed by atoms with Gasteiger partial charge in [0.1, 0.15) is 16.7 Å². The number of hydrogen-bond acceptors (Lipinski definition) is 4. The largest absolute Gasteiger partial charge is 0.456 e. The summed E-state index contributed by atoms with van der Waals surface area (Å²) < 4.78 is 17.3. The highest BCUT2D eigenvalue weighted by Gasteiger charge is 2.22. The molecule has 0 N–H and O–H groups in total. The van der Waals surface area contributed by atoms with E-state index >= 15 is 0 Å². The van der Waals surface area contributed by atoms with Crippen LogP contribution in [0.2, 0.25) is 0 Å². The van der Waals surface area contributed by atoms with Crippen molar-refractivity contribution in [1.82, 2.24) is 9.55 Å². The van der Waals surface area contributed by atoms with E-state index in [1.807, 2.05) is 18.2 Å². The summed E-state index contributed by atoms with van der Waals surface area (Å²) in [5, 5.41) is 6.92. The van der Waals surface area contributed by atoms with Gasteiger partial charge in [-0.25, -0.2) is 0 Å². The van der Waals surface area contributed by atoms with E-state index in [0.717, 1.165) is 60.2 Å². The molecule has 36 heavy (non-hydrogen) atoms.